The van der Waals surface area contributed by atoms with Crippen LogP contribution in [-0.2, 0) is 4.79 Å². The molecule has 0 radical (unpaired) electrons. The summed E-state index contributed by atoms with van der Waals surface area (Å²) in [4.78, 5) is 27.8. The molecule has 0 spiro atoms. The Hall–Kier alpha value is -2.69. The highest BCUT2D eigenvalue weighted by molar-refractivity contribution is 6.07. The number of hydrogen-bond donors (Lipinski definition) is 2. The molecule has 132 valence electrons. The van der Waals surface area contributed by atoms with E-state index >= 15 is 0 Å². The molecule has 0 bridgehead atoms. The molecule has 1 saturated heterocycles. The molecule has 1 aromatic rings. The Bertz CT molecular complexity index is 701. The molecule has 1 aliphatic heterocycles. The fourth-order valence-corrected chi connectivity index (χ4v) is 2.59. The lowest BCUT2D eigenvalue weighted by molar-refractivity contribution is -0.112. The van der Waals surface area contributed by atoms with Gasteiger partial charge in [0.05, 0.1) is 6.61 Å². The van der Waals surface area contributed by atoms with Crippen molar-refractivity contribution in [3.8, 4) is 6.07 Å². The van der Waals surface area contributed by atoms with Crippen LogP contribution in [0.25, 0.3) is 0 Å². The second-order valence-corrected chi connectivity index (χ2v) is 5.85. The van der Waals surface area contributed by atoms with Gasteiger partial charge in [0.2, 0.25) is 0 Å². The van der Waals surface area contributed by atoms with Crippen LogP contribution in [-0.4, -0.2) is 65.9 Å². The minimum atomic E-state index is -0.499. The molecule has 0 unspecified atom stereocenters. The van der Waals surface area contributed by atoms with E-state index in [1.807, 2.05) is 11.0 Å². The van der Waals surface area contributed by atoms with E-state index in [2.05, 4.69) is 10.2 Å². The SMILES string of the molecule is CC(=O)c1cccc(NC(=O)/C(C#N)=C\N2CCN(CCO)CC2)c1. The van der Waals surface area contributed by atoms with Crippen LogP contribution in [0.15, 0.2) is 36.0 Å². The summed E-state index contributed by atoms with van der Waals surface area (Å²) in [6, 6.07) is 8.54. The van der Waals surface area contributed by atoms with E-state index in [-0.39, 0.29) is 18.0 Å². The van der Waals surface area contributed by atoms with Gasteiger partial charge in [-0.2, -0.15) is 5.26 Å². The molecule has 1 heterocycles. The minimum Gasteiger partial charge on any atom is -0.395 e. The number of nitriles is 1. The van der Waals surface area contributed by atoms with Gasteiger partial charge in [-0.25, -0.2) is 0 Å². The smallest absolute Gasteiger partial charge is 0.267 e. The van der Waals surface area contributed by atoms with Crippen LogP contribution in [0.4, 0.5) is 5.69 Å². The predicted molar refractivity (Wildman–Crippen MR) is 93.9 cm³/mol. The lowest BCUT2D eigenvalue weighted by Crippen LogP contribution is -2.45. The number of carbonyl (C=O) groups excluding carboxylic acids is 2. The number of benzene rings is 1. The number of piperazine rings is 1. The second kappa shape index (κ2) is 8.97. The van der Waals surface area contributed by atoms with E-state index in [0.29, 0.717) is 30.9 Å². The molecule has 2 N–H and O–H groups in total. The fourth-order valence-electron chi connectivity index (χ4n) is 2.59. The first-order chi connectivity index (χ1) is 12.0. The van der Waals surface area contributed by atoms with E-state index in [1.54, 1.807) is 30.5 Å². The summed E-state index contributed by atoms with van der Waals surface area (Å²) in [6.45, 7) is 5.15. The van der Waals surface area contributed by atoms with Crippen molar-refractivity contribution in [3.05, 3.63) is 41.6 Å². The van der Waals surface area contributed by atoms with Crippen molar-refractivity contribution in [2.75, 3.05) is 44.6 Å². The maximum atomic E-state index is 12.3. The molecule has 0 saturated carbocycles. The van der Waals surface area contributed by atoms with Gasteiger partial charge in [0, 0.05) is 50.2 Å². The van der Waals surface area contributed by atoms with Crippen LogP contribution in [0.3, 0.4) is 0 Å². The van der Waals surface area contributed by atoms with Gasteiger partial charge in [-0.3, -0.25) is 14.5 Å². The van der Waals surface area contributed by atoms with Crippen molar-refractivity contribution in [3.63, 3.8) is 0 Å². The van der Waals surface area contributed by atoms with Crippen molar-refractivity contribution < 1.29 is 14.7 Å². The van der Waals surface area contributed by atoms with Gasteiger partial charge in [0.25, 0.3) is 5.91 Å². The number of anilines is 1. The zero-order valence-electron chi connectivity index (χ0n) is 14.2. The minimum absolute atomic E-state index is 0.0174. The van der Waals surface area contributed by atoms with Crippen LogP contribution in [0.5, 0.6) is 0 Å². The Kier molecular flexibility index (Phi) is 6.69. The Balaban J connectivity index is 2.00. The van der Waals surface area contributed by atoms with Crippen molar-refractivity contribution in [1.29, 1.82) is 5.26 Å². The van der Waals surface area contributed by atoms with Crippen LogP contribution in [0, 0.1) is 11.3 Å². The third kappa shape index (κ3) is 5.41. The summed E-state index contributed by atoms with van der Waals surface area (Å²) < 4.78 is 0. The normalized spacial score (nSPS) is 15.6. The van der Waals surface area contributed by atoms with Gasteiger partial charge >= 0.3 is 0 Å². The van der Waals surface area contributed by atoms with Gasteiger partial charge < -0.3 is 15.3 Å². The van der Waals surface area contributed by atoms with Crippen LogP contribution >= 0.6 is 0 Å². The first-order valence-electron chi connectivity index (χ1n) is 8.15. The zero-order valence-corrected chi connectivity index (χ0v) is 14.2. The molecule has 1 aliphatic rings. The van der Waals surface area contributed by atoms with E-state index in [4.69, 9.17) is 5.11 Å². The van der Waals surface area contributed by atoms with Crippen LogP contribution in [0.1, 0.15) is 17.3 Å². The summed E-state index contributed by atoms with van der Waals surface area (Å²) in [5.41, 5.74) is 0.996. The number of carbonyl (C=O) groups is 2. The average molecular weight is 342 g/mol. The van der Waals surface area contributed by atoms with Gasteiger partial charge in [-0.15, -0.1) is 0 Å². The highest BCUT2D eigenvalue weighted by atomic mass is 16.3. The molecule has 25 heavy (non-hydrogen) atoms. The van der Waals surface area contributed by atoms with Gasteiger partial charge in [0.1, 0.15) is 11.6 Å². The van der Waals surface area contributed by atoms with Crippen molar-refractivity contribution in [2.45, 2.75) is 6.92 Å². The van der Waals surface area contributed by atoms with Crippen molar-refractivity contribution in [2.24, 2.45) is 0 Å². The summed E-state index contributed by atoms with van der Waals surface area (Å²) in [7, 11) is 0. The number of Topliss-reactive ketones (excluding diaryl/α,β-unsaturated/α-hetero) is 1. The fraction of sp³-hybridized carbons (Fsp3) is 0.389. The highest BCUT2D eigenvalue weighted by Crippen LogP contribution is 2.13. The summed E-state index contributed by atoms with van der Waals surface area (Å²) >= 11 is 0. The molecule has 0 aromatic heterocycles. The number of nitrogens with one attached hydrogen (secondary N) is 1. The summed E-state index contributed by atoms with van der Waals surface area (Å²) in [6.07, 6.45) is 1.57. The van der Waals surface area contributed by atoms with Crippen LogP contribution in [0.2, 0.25) is 0 Å². The molecule has 0 aliphatic carbocycles. The number of aliphatic hydroxyl groups excluding tert-OH is 1. The van der Waals surface area contributed by atoms with Crippen molar-refractivity contribution >= 4 is 17.4 Å². The number of hydrogen-bond acceptors (Lipinski definition) is 6. The molecule has 0 atom stereocenters. The van der Waals surface area contributed by atoms with Crippen molar-refractivity contribution in [1.82, 2.24) is 9.80 Å². The third-order valence-corrected chi connectivity index (χ3v) is 4.03. The Morgan fingerprint density at radius 2 is 2.04 bits per heavy atom. The molecule has 7 nitrogen and oxygen atoms in total. The molecular formula is C18H22N4O3. The van der Waals surface area contributed by atoms with E-state index in [0.717, 1.165) is 13.1 Å². The van der Waals surface area contributed by atoms with E-state index < -0.39 is 5.91 Å². The number of rotatable bonds is 6. The highest BCUT2D eigenvalue weighted by Gasteiger charge is 2.17. The number of nitrogens with zero attached hydrogens (tertiary/aromatic N) is 3. The summed E-state index contributed by atoms with van der Waals surface area (Å²) in [5.74, 6) is -0.589. The number of ketones is 1. The topological polar surface area (TPSA) is 96.7 Å². The lowest BCUT2D eigenvalue weighted by Gasteiger charge is -2.33. The molecule has 7 heteroatoms. The largest absolute Gasteiger partial charge is 0.395 e. The average Bonchev–Trinajstić information content (AvgIpc) is 2.61. The number of β-amino-alcohol motifs (C(OH)–C–C–N with tert-alkyl or cyclic N) is 1. The summed E-state index contributed by atoms with van der Waals surface area (Å²) in [5, 5.41) is 20.9. The Labute approximate surface area is 147 Å². The van der Waals surface area contributed by atoms with E-state index in [1.165, 1.54) is 6.92 Å². The first kappa shape index (κ1) is 18.6. The monoisotopic (exact) mass is 342 g/mol. The van der Waals surface area contributed by atoms with Gasteiger partial charge in [-0.05, 0) is 19.1 Å². The second-order valence-electron chi connectivity index (χ2n) is 5.85. The van der Waals surface area contributed by atoms with E-state index in [9.17, 15) is 14.9 Å². The quantitative estimate of drug-likeness (QED) is 0.452. The van der Waals surface area contributed by atoms with Gasteiger partial charge in [0.15, 0.2) is 5.78 Å². The molecule has 1 aromatic carbocycles. The lowest BCUT2D eigenvalue weighted by atomic mass is 10.1. The molecular weight excluding hydrogens is 320 g/mol. The first-order valence-corrected chi connectivity index (χ1v) is 8.15. The number of amides is 1. The Morgan fingerprint density at radius 3 is 2.64 bits per heavy atom. The third-order valence-electron chi connectivity index (χ3n) is 4.03. The number of aliphatic hydroxyl groups is 1. The van der Waals surface area contributed by atoms with Crippen LogP contribution < -0.4 is 5.32 Å². The molecule has 2 rings (SSSR count). The Morgan fingerprint density at radius 1 is 1.32 bits per heavy atom. The zero-order chi connectivity index (χ0) is 18.2. The maximum absolute atomic E-state index is 12.3. The predicted octanol–water partition coefficient (Wildman–Crippen LogP) is 0.845. The van der Waals surface area contributed by atoms with Gasteiger partial charge in [-0.1, -0.05) is 12.1 Å². The molecule has 1 amide bonds. The maximum Gasteiger partial charge on any atom is 0.267 e. The molecule has 1 fully saturated rings. The standard InChI is InChI=1S/C18H22N4O3/c1-14(24)15-3-2-4-17(11-15)20-18(25)16(12-19)13-22-7-5-21(6-8-22)9-10-23/h2-4,11,13,23H,5-10H2,1H3,(H,20,25)/b16-13-.